The third kappa shape index (κ3) is 3.68. The van der Waals surface area contributed by atoms with Crippen molar-refractivity contribution in [3.05, 3.63) is 53.3 Å². The number of carbonyl (C=O) groups excluding carboxylic acids is 2. The van der Waals surface area contributed by atoms with Crippen LogP contribution in [0.5, 0.6) is 0 Å². The first-order valence-corrected chi connectivity index (χ1v) is 10.2. The van der Waals surface area contributed by atoms with E-state index in [4.69, 9.17) is 0 Å². The molecular formula is C22H28N4O2. The molecule has 1 spiro atoms. The SMILES string of the molecule is Cc1cc(C(=O)N2CCC3(CCCN(CCCc4ccccc4)C3=O)C2)n[nH]1. The van der Waals surface area contributed by atoms with Crippen LogP contribution in [-0.4, -0.2) is 58.0 Å². The minimum absolute atomic E-state index is 0.0739. The fourth-order valence-electron chi connectivity index (χ4n) is 4.60. The third-order valence-corrected chi connectivity index (χ3v) is 6.13. The topological polar surface area (TPSA) is 69.3 Å². The highest BCUT2D eigenvalue weighted by atomic mass is 16.2. The third-order valence-electron chi connectivity index (χ3n) is 6.13. The predicted molar refractivity (Wildman–Crippen MR) is 107 cm³/mol. The van der Waals surface area contributed by atoms with Gasteiger partial charge in [0.05, 0.1) is 5.41 Å². The molecule has 1 atom stereocenters. The van der Waals surface area contributed by atoms with Crippen LogP contribution in [0.15, 0.2) is 36.4 Å². The molecule has 2 amide bonds. The Kier molecular flexibility index (Phi) is 5.20. The van der Waals surface area contributed by atoms with Crippen molar-refractivity contribution >= 4 is 11.8 Å². The predicted octanol–water partition coefficient (Wildman–Crippen LogP) is 2.81. The van der Waals surface area contributed by atoms with Crippen LogP contribution in [0.3, 0.4) is 0 Å². The summed E-state index contributed by atoms with van der Waals surface area (Å²) in [7, 11) is 0. The summed E-state index contributed by atoms with van der Waals surface area (Å²) >= 11 is 0. The number of hydrogen-bond donors (Lipinski definition) is 1. The zero-order chi connectivity index (χ0) is 19.6. The maximum absolute atomic E-state index is 13.3. The van der Waals surface area contributed by atoms with E-state index < -0.39 is 5.41 Å². The number of hydrogen-bond acceptors (Lipinski definition) is 3. The summed E-state index contributed by atoms with van der Waals surface area (Å²) < 4.78 is 0. The van der Waals surface area contributed by atoms with E-state index in [9.17, 15) is 9.59 Å². The first-order chi connectivity index (χ1) is 13.6. The van der Waals surface area contributed by atoms with Gasteiger partial charge in [0.15, 0.2) is 0 Å². The normalized spacial score (nSPS) is 22.2. The van der Waals surface area contributed by atoms with Crippen molar-refractivity contribution in [2.75, 3.05) is 26.2 Å². The highest BCUT2D eigenvalue weighted by Gasteiger charge is 2.49. The molecule has 0 saturated carbocycles. The van der Waals surface area contributed by atoms with Gasteiger partial charge < -0.3 is 9.80 Å². The number of amides is 2. The van der Waals surface area contributed by atoms with Gasteiger partial charge in [0.25, 0.3) is 5.91 Å². The molecule has 1 N–H and O–H groups in total. The number of aryl methyl sites for hydroxylation is 2. The largest absolute Gasteiger partial charge is 0.342 e. The van der Waals surface area contributed by atoms with E-state index in [0.29, 0.717) is 18.8 Å². The van der Waals surface area contributed by atoms with Crippen LogP contribution < -0.4 is 0 Å². The van der Waals surface area contributed by atoms with Gasteiger partial charge in [0.2, 0.25) is 5.91 Å². The lowest BCUT2D eigenvalue weighted by Gasteiger charge is -2.39. The maximum atomic E-state index is 13.3. The number of rotatable bonds is 5. The number of piperidine rings is 1. The molecule has 148 valence electrons. The Morgan fingerprint density at radius 1 is 1.21 bits per heavy atom. The first kappa shape index (κ1) is 18.7. The van der Waals surface area contributed by atoms with Crippen LogP contribution >= 0.6 is 0 Å². The van der Waals surface area contributed by atoms with Crippen molar-refractivity contribution in [1.82, 2.24) is 20.0 Å². The highest BCUT2D eigenvalue weighted by molar-refractivity contribution is 5.94. The van der Waals surface area contributed by atoms with Gasteiger partial charge in [0.1, 0.15) is 5.69 Å². The Labute approximate surface area is 165 Å². The number of aromatic nitrogens is 2. The molecule has 6 heteroatoms. The summed E-state index contributed by atoms with van der Waals surface area (Å²) in [5.74, 6) is 0.163. The van der Waals surface area contributed by atoms with E-state index in [0.717, 1.165) is 50.9 Å². The molecule has 2 aliphatic heterocycles. The minimum atomic E-state index is -0.397. The number of nitrogens with one attached hydrogen (secondary N) is 1. The lowest BCUT2D eigenvalue weighted by atomic mass is 9.78. The van der Waals surface area contributed by atoms with Crippen molar-refractivity contribution < 1.29 is 9.59 Å². The summed E-state index contributed by atoms with van der Waals surface area (Å²) in [6.45, 7) is 4.66. The number of nitrogens with zero attached hydrogens (tertiary/aromatic N) is 3. The number of H-pyrrole nitrogens is 1. The van der Waals surface area contributed by atoms with Gasteiger partial charge in [0, 0.05) is 31.9 Å². The van der Waals surface area contributed by atoms with E-state index >= 15 is 0 Å². The van der Waals surface area contributed by atoms with Crippen molar-refractivity contribution in [3.63, 3.8) is 0 Å². The smallest absolute Gasteiger partial charge is 0.274 e. The lowest BCUT2D eigenvalue weighted by Crippen LogP contribution is -2.50. The highest BCUT2D eigenvalue weighted by Crippen LogP contribution is 2.40. The van der Waals surface area contributed by atoms with E-state index in [1.165, 1.54) is 5.56 Å². The maximum Gasteiger partial charge on any atom is 0.274 e. The van der Waals surface area contributed by atoms with Crippen LogP contribution in [-0.2, 0) is 11.2 Å². The van der Waals surface area contributed by atoms with E-state index in [1.807, 2.05) is 17.9 Å². The lowest BCUT2D eigenvalue weighted by molar-refractivity contribution is -0.145. The Balaban J connectivity index is 1.36. The Bertz CT molecular complexity index is 847. The Hall–Kier alpha value is -2.63. The molecule has 0 aliphatic carbocycles. The molecule has 1 aromatic carbocycles. The number of carbonyl (C=O) groups is 2. The van der Waals surface area contributed by atoms with Crippen molar-refractivity contribution in [3.8, 4) is 0 Å². The zero-order valence-corrected chi connectivity index (χ0v) is 16.5. The molecule has 0 radical (unpaired) electrons. The molecule has 2 aromatic rings. The first-order valence-electron chi connectivity index (χ1n) is 10.2. The fraction of sp³-hybridized carbons (Fsp3) is 0.500. The van der Waals surface area contributed by atoms with Gasteiger partial charge in [-0.1, -0.05) is 30.3 Å². The molecule has 2 aliphatic rings. The second-order valence-corrected chi connectivity index (χ2v) is 8.18. The summed E-state index contributed by atoms with van der Waals surface area (Å²) in [5, 5.41) is 6.91. The van der Waals surface area contributed by atoms with Gasteiger partial charge in [-0.05, 0) is 50.7 Å². The zero-order valence-electron chi connectivity index (χ0n) is 16.5. The molecular weight excluding hydrogens is 352 g/mol. The molecule has 1 unspecified atom stereocenters. The standard InChI is InChI=1S/C22H28N4O2/c1-17-15-19(24-23-17)20(27)26-14-11-22(16-26)10-6-13-25(21(22)28)12-5-9-18-7-3-2-4-8-18/h2-4,7-8,15H,5-6,9-14,16H2,1H3,(H,23,24). The van der Waals surface area contributed by atoms with Gasteiger partial charge in [-0.3, -0.25) is 14.7 Å². The van der Waals surface area contributed by atoms with E-state index in [2.05, 4.69) is 34.5 Å². The van der Waals surface area contributed by atoms with Crippen LogP contribution in [0.25, 0.3) is 0 Å². The van der Waals surface area contributed by atoms with Gasteiger partial charge in [-0.2, -0.15) is 5.10 Å². The average Bonchev–Trinajstić information content (AvgIpc) is 3.33. The van der Waals surface area contributed by atoms with E-state index in [-0.39, 0.29) is 11.8 Å². The molecule has 2 saturated heterocycles. The molecule has 4 rings (SSSR count). The summed E-state index contributed by atoms with van der Waals surface area (Å²) in [6.07, 6.45) is 4.61. The van der Waals surface area contributed by atoms with Crippen LogP contribution in [0, 0.1) is 12.3 Å². The van der Waals surface area contributed by atoms with Crippen LogP contribution in [0.2, 0.25) is 0 Å². The summed E-state index contributed by atoms with van der Waals surface area (Å²) in [6, 6.07) is 12.2. The second-order valence-electron chi connectivity index (χ2n) is 8.18. The van der Waals surface area contributed by atoms with Gasteiger partial charge >= 0.3 is 0 Å². The summed E-state index contributed by atoms with van der Waals surface area (Å²) in [5.41, 5.74) is 2.23. The summed E-state index contributed by atoms with van der Waals surface area (Å²) in [4.78, 5) is 29.8. The van der Waals surface area contributed by atoms with Crippen molar-refractivity contribution in [2.24, 2.45) is 5.41 Å². The molecule has 3 heterocycles. The quantitative estimate of drug-likeness (QED) is 0.867. The number of benzene rings is 1. The minimum Gasteiger partial charge on any atom is -0.342 e. The van der Waals surface area contributed by atoms with E-state index in [1.54, 1.807) is 11.0 Å². The number of likely N-dealkylation sites (tertiary alicyclic amines) is 2. The second kappa shape index (κ2) is 7.78. The Morgan fingerprint density at radius 2 is 2.04 bits per heavy atom. The van der Waals surface area contributed by atoms with Crippen LogP contribution in [0.4, 0.5) is 0 Å². The van der Waals surface area contributed by atoms with Crippen molar-refractivity contribution in [1.29, 1.82) is 0 Å². The van der Waals surface area contributed by atoms with Gasteiger partial charge in [-0.25, -0.2) is 0 Å². The molecule has 0 bridgehead atoms. The monoisotopic (exact) mass is 380 g/mol. The molecule has 2 fully saturated rings. The van der Waals surface area contributed by atoms with Crippen molar-refractivity contribution in [2.45, 2.75) is 39.0 Å². The molecule has 28 heavy (non-hydrogen) atoms. The molecule has 1 aromatic heterocycles. The Morgan fingerprint density at radius 3 is 2.79 bits per heavy atom. The van der Waals surface area contributed by atoms with Gasteiger partial charge in [-0.15, -0.1) is 0 Å². The molecule has 6 nitrogen and oxygen atoms in total. The fourth-order valence-corrected chi connectivity index (χ4v) is 4.60. The number of aromatic amines is 1. The van der Waals surface area contributed by atoms with Crippen LogP contribution in [0.1, 0.15) is 47.4 Å². The average molecular weight is 380 g/mol.